The van der Waals surface area contributed by atoms with Gasteiger partial charge in [-0.15, -0.1) is 0 Å². The van der Waals surface area contributed by atoms with Gasteiger partial charge in [0.25, 0.3) is 5.91 Å². The van der Waals surface area contributed by atoms with E-state index in [0.717, 1.165) is 21.7 Å². The highest BCUT2D eigenvalue weighted by Gasteiger charge is 2.15. The summed E-state index contributed by atoms with van der Waals surface area (Å²) in [5.74, 6) is 0.168. The number of nitrogens with one attached hydrogen (secondary N) is 2. The predicted octanol–water partition coefficient (Wildman–Crippen LogP) is 4.00. The number of amides is 2. The maximum absolute atomic E-state index is 12.5. The van der Waals surface area contributed by atoms with Crippen LogP contribution in [0.4, 0.5) is 0 Å². The molecular weight excluding hydrogens is 396 g/mol. The van der Waals surface area contributed by atoms with Gasteiger partial charge in [0.15, 0.2) is 11.5 Å². The molecule has 3 aromatic carbocycles. The predicted molar refractivity (Wildman–Crippen MR) is 117 cm³/mol. The van der Waals surface area contributed by atoms with E-state index in [1.54, 1.807) is 24.5 Å². The number of rotatable bonds is 6. The first kappa shape index (κ1) is 20.3. The number of ether oxygens (including phenoxy) is 2. The molecule has 1 aromatic heterocycles. The number of hydrogen-bond donors (Lipinski definition) is 2. The molecule has 0 unspecified atom stereocenters. The molecule has 31 heavy (non-hydrogen) atoms. The number of hydrazine groups is 1. The van der Waals surface area contributed by atoms with E-state index >= 15 is 0 Å². The fourth-order valence-electron chi connectivity index (χ4n) is 3.50. The Morgan fingerprint density at radius 2 is 1.84 bits per heavy atom. The molecule has 0 bridgehead atoms. The quantitative estimate of drug-likeness (QED) is 0.462. The highest BCUT2D eigenvalue weighted by molar-refractivity contribution is 6.08. The van der Waals surface area contributed by atoms with Gasteiger partial charge in [0.1, 0.15) is 5.58 Å². The van der Waals surface area contributed by atoms with Gasteiger partial charge in [-0.05, 0) is 42.0 Å². The van der Waals surface area contributed by atoms with Crippen LogP contribution in [0.3, 0.4) is 0 Å². The average molecular weight is 418 g/mol. The van der Waals surface area contributed by atoms with Crippen molar-refractivity contribution >= 4 is 33.6 Å². The summed E-state index contributed by atoms with van der Waals surface area (Å²) < 4.78 is 16.3. The van der Waals surface area contributed by atoms with Crippen molar-refractivity contribution in [3.05, 3.63) is 72.0 Å². The van der Waals surface area contributed by atoms with Gasteiger partial charge < -0.3 is 13.9 Å². The monoisotopic (exact) mass is 418 g/mol. The van der Waals surface area contributed by atoms with Crippen molar-refractivity contribution in [3.8, 4) is 11.5 Å². The zero-order valence-electron chi connectivity index (χ0n) is 17.2. The van der Waals surface area contributed by atoms with E-state index in [4.69, 9.17) is 13.9 Å². The van der Waals surface area contributed by atoms with Gasteiger partial charge >= 0.3 is 0 Å². The summed E-state index contributed by atoms with van der Waals surface area (Å²) in [6.07, 6.45) is 1.64. The summed E-state index contributed by atoms with van der Waals surface area (Å²) in [6.45, 7) is 2.34. The van der Waals surface area contributed by atoms with E-state index in [1.807, 2.05) is 43.3 Å². The number of hydrogen-bond acceptors (Lipinski definition) is 5. The van der Waals surface area contributed by atoms with Gasteiger partial charge in [0, 0.05) is 16.5 Å². The Morgan fingerprint density at radius 3 is 2.65 bits per heavy atom. The van der Waals surface area contributed by atoms with Crippen LogP contribution in [0.25, 0.3) is 21.7 Å². The lowest BCUT2D eigenvalue weighted by molar-refractivity contribution is -0.121. The van der Waals surface area contributed by atoms with Crippen LogP contribution in [0.1, 0.15) is 22.8 Å². The zero-order chi connectivity index (χ0) is 21.8. The molecule has 2 N–H and O–H groups in total. The molecule has 0 spiro atoms. The maximum atomic E-state index is 12.5. The van der Waals surface area contributed by atoms with Crippen molar-refractivity contribution in [2.24, 2.45) is 0 Å². The number of fused-ring (bicyclic) bond motifs is 3. The largest absolute Gasteiger partial charge is 0.493 e. The Hall–Kier alpha value is -4.00. The van der Waals surface area contributed by atoms with Crippen LogP contribution in [0.15, 0.2) is 65.3 Å². The molecule has 158 valence electrons. The van der Waals surface area contributed by atoms with Crippen LogP contribution < -0.4 is 20.3 Å². The third-order valence-corrected chi connectivity index (χ3v) is 4.93. The van der Waals surface area contributed by atoms with Gasteiger partial charge in [-0.25, -0.2) is 0 Å². The molecule has 0 fully saturated rings. The van der Waals surface area contributed by atoms with E-state index < -0.39 is 5.91 Å². The van der Waals surface area contributed by atoms with E-state index in [-0.39, 0.29) is 12.3 Å². The van der Waals surface area contributed by atoms with Crippen LogP contribution >= 0.6 is 0 Å². The van der Waals surface area contributed by atoms with Gasteiger partial charge in [-0.3, -0.25) is 20.4 Å². The Balaban J connectivity index is 1.45. The summed E-state index contributed by atoms with van der Waals surface area (Å²) in [6, 6.07) is 16.6. The number of furan rings is 1. The first-order valence-corrected chi connectivity index (χ1v) is 9.88. The highest BCUT2D eigenvalue weighted by atomic mass is 16.5. The average Bonchev–Trinajstić information content (AvgIpc) is 3.21. The molecule has 7 nitrogen and oxygen atoms in total. The standard InChI is InChI=1S/C24H22N2O5/c1-3-30-19-10-9-16(12-21(19)29-2)24(28)26-25-22(27)13-17-14-31-20-11-8-15-6-4-5-7-18(15)23(17)20/h4-12,14H,3,13H2,1-2H3,(H,25,27)(H,26,28). The number of carbonyl (C=O) groups is 2. The smallest absolute Gasteiger partial charge is 0.269 e. The first-order valence-electron chi connectivity index (χ1n) is 9.88. The number of methoxy groups -OCH3 is 1. The first-order chi connectivity index (χ1) is 15.1. The topological polar surface area (TPSA) is 89.8 Å². The lowest BCUT2D eigenvalue weighted by Gasteiger charge is -2.11. The van der Waals surface area contributed by atoms with E-state index in [0.29, 0.717) is 29.3 Å². The zero-order valence-corrected chi connectivity index (χ0v) is 17.2. The van der Waals surface area contributed by atoms with E-state index in [9.17, 15) is 9.59 Å². The molecule has 0 aliphatic carbocycles. The molecular formula is C24H22N2O5. The third-order valence-electron chi connectivity index (χ3n) is 4.93. The lowest BCUT2D eigenvalue weighted by Crippen LogP contribution is -2.42. The third kappa shape index (κ3) is 4.16. The normalized spacial score (nSPS) is 10.8. The Labute approximate surface area is 178 Å². The summed E-state index contributed by atoms with van der Waals surface area (Å²) in [5, 5.41) is 2.98. The SMILES string of the molecule is CCOc1ccc(C(=O)NNC(=O)Cc2coc3ccc4ccccc4c23)cc1OC. The summed E-state index contributed by atoms with van der Waals surface area (Å²) in [4.78, 5) is 24.9. The highest BCUT2D eigenvalue weighted by Crippen LogP contribution is 2.30. The molecule has 7 heteroatoms. The van der Waals surface area contributed by atoms with E-state index in [2.05, 4.69) is 10.9 Å². The molecule has 0 aliphatic rings. The molecule has 0 aliphatic heterocycles. The van der Waals surface area contributed by atoms with E-state index in [1.165, 1.54) is 7.11 Å². The summed E-state index contributed by atoms with van der Waals surface area (Å²) in [7, 11) is 1.50. The number of benzene rings is 3. The van der Waals surface area contributed by atoms with Gasteiger partial charge in [0.05, 0.1) is 26.4 Å². The van der Waals surface area contributed by atoms with Crippen LogP contribution in [-0.4, -0.2) is 25.5 Å². The second-order valence-electron chi connectivity index (χ2n) is 6.90. The maximum Gasteiger partial charge on any atom is 0.269 e. The molecule has 1 heterocycles. The molecule has 0 saturated heterocycles. The van der Waals surface area contributed by atoms with Crippen molar-refractivity contribution in [2.75, 3.05) is 13.7 Å². The molecule has 2 amide bonds. The molecule has 4 rings (SSSR count). The van der Waals surface area contributed by atoms with Gasteiger partial charge in [-0.1, -0.05) is 30.3 Å². The van der Waals surface area contributed by atoms with Crippen LogP contribution in [0.5, 0.6) is 11.5 Å². The molecule has 0 atom stereocenters. The van der Waals surface area contributed by atoms with Crippen molar-refractivity contribution < 1.29 is 23.5 Å². The summed E-state index contributed by atoms with van der Waals surface area (Å²) in [5.41, 5.74) is 6.69. The lowest BCUT2D eigenvalue weighted by atomic mass is 10.0. The van der Waals surface area contributed by atoms with Crippen LogP contribution in [-0.2, 0) is 11.2 Å². The molecule has 4 aromatic rings. The fourth-order valence-corrected chi connectivity index (χ4v) is 3.50. The van der Waals surface area contributed by atoms with Crippen molar-refractivity contribution in [3.63, 3.8) is 0 Å². The minimum atomic E-state index is -0.461. The Kier molecular flexibility index (Phi) is 5.75. The fraction of sp³-hybridized carbons (Fsp3) is 0.167. The van der Waals surface area contributed by atoms with Crippen molar-refractivity contribution in [2.45, 2.75) is 13.3 Å². The van der Waals surface area contributed by atoms with Gasteiger partial charge in [-0.2, -0.15) is 0 Å². The second kappa shape index (κ2) is 8.79. The second-order valence-corrected chi connectivity index (χ2v) is 6.90. The van der Waals surface area contributed by atoms with Gasteiger partial charge in [0.2, 0.25) is 5.91 Å². The summed E-state index contributed by atoms with van der Waals surface area (Å²) >= 11 is 0. The Morgan fingerprint density at radius 1 is 1.00 bits per heavy atom. The molecule has 0 radical (unpaired) electrons. The van der Waals surface area contributed by atoms with Crippen molar-refractivity contribution in [1.82, 2.24) is 10.9 Å². The molecule has 0 saturated carbocycles. The van der Waals surface area contributed by atoms with Crippen LogP contribution in [0.2, 0.25) is 0 Å². The number of carbonyl (C=O) groups excluding carboxylic acids is 2. The Bertz CT molecular complexity index is 1260. The van der Waals surface area contributed by atoms with Crippen LogP contribution in [0, 0.1) is 0 Å². The minimum Gasteiger partial charge on any atom is -0.493 e. The van der Waals surface area contributed by atoms with Crippen molar-refractivity contribution in [1.29, 1.82) is 0 Å². The minimum absolute atomic E-state index is 0.0634.